The number of ether oxygens (including phenoxy) is 1. The summed E-state index contributed by atoms with van der Waals surface area (Å²) in [5.74, 6) is -0.164. The van der Waals surface area contributed by atoms with E-state index in [0.717, 1.165) is 11.3 Å². The number of aryl methyl sites for hydroxylation is 1. The Bertz CT molecular complexity index is 535. The molecule has 0 heterocycles. The first-order valence-corrected chi connectivity index (χ1v) is 7.48. The monoisotopic (exact) mass is 306 g/mol. The summed E-state index contributed by atoms with van der Waals surface area (Å²) in [6.07, 6.45) is -0.0835. The molecule has 0 aliphatic carbocycles. The van der Waals surface area contributed by atoms with Gasteiger partial charge in [-0.15, -0.1) is 0 Å². The van der Waals surface area contributed by atoms with E-state index in [4.69, 9.17) is 4.74 Å². The van der Waals surface area contributed by atoms with E-state index in [1.165, 1.54) is 0 Å². The largest absolute Gasteiger partial charge is 0.444 e. The van der Waals surface area contributed by atoms with E-state index >= 15 is 0 Å². The molecule has 1 rings (SSSR count). The quantitative estimate of drug-likeness (QED) is 0.929. The number of rotatable bonds is 4. The predicted molar refractivity (Wildman–Crippen MR) is 88.0 cm³/mol. The van der Waals surface area contributed by atoms with E-state index in [1.54, 1.807) is 32.7 Å². The van der Waals surface area contributed by atoms with E-state index in [2.05, 4.69) is 5.32 Å². The van der Waals surface area contributed by atoms with Gasteiger partial charge in [-0.1, -0.05) is 25.1 Å². The van der Waals surface area contributed by atoms with Gasteiger partial charge < -0.3 is 15.0 Å². The van der Waals surface area contributed by atoms with Gasteiger partial charge in [-0.25, -0.2) is 4.79 Å². The topological polar surface area (TPSA) is 58.6 Å². The van der Waals surface area contributed by atoms with E-state index in [0.29, 0.717) is 6.42 Å². The Morgan fingerprint density at radius 1 is 1.27 bits per heavy atom. The number of amides is 2. The lowest BCUT2D eigenvalue weighted by Gasteiger charge is -2.26. The molecule has 0 spiro atoms. The van der Waals surface area contributed by atoms with Crippen molar-refractivity contribution in [1.29, 1.82) is 0 Å². The Labute approximate surface area is 132 Å². The fourth-order valence-electron chi connectivity index (χ4n) is 2.08. The molecule has 0 aliphatic heterocycles. The van der Waals surface area contributed by atoms with Crippen LogP contribution in [0.4, 0.5) is 10.5 Å². The van der Waals surface area contributed by atoms with Gasteiger partial charge in [0, 0.05) is 12.7 Å². The van der Waals surface area contributed by atoms with E-state index in [-0.39, 0.29) is 5.91 Å². The van der Waals surface area contributed by atoms with Crippen molar-refractivity contribution in [2.75, 3.05) is 11.9 Å². The number of para-hydroxylation sites is 1. The lowest BCUT2D eigenvalue weighted by atomic mass is 10.1. The molecule has 5 nitrogen and oxygen atoms in total. The Balaban J connectivity index is 2.80. The lowest BCUT2D eigenvalue weighted by Crippen LogP contribution is -2.48. The van der Waals surface area contributed by atoms with Gasteiger partial charge in [-0.3, -0.25) is 4.79 Å². The lowest BCUT2D eigenvalue weighted by molar-refractivity contribution is -0.120. The highest BCUT2D eigenvalue weighted by Gasteiger charge is 2.26. The molecule has 0 saturated carbocycles. The maximum absolute atomic E-state index is 12.6. The molecule has 0 radical (unpaired) electrons. The van der Waals surface area contributed by atoms with Crippen LogP contribution in [0.25, 0.3) is 0 Å². The van der Waals surface area contributed by atoms with Crippen molar-refractivity contribution >= 4 is 17.7 Å². The average molecular weight is 306 g/mol. The normalized spacial score (nSPS) is 12.5. The van der Waals surface area contributed by atoms with Crippen LogP contribution < -0.4 is 10.2 Å². The first kappa shape index (κ1) is 18.0. The fourth-order valence-corrected chi connectivity index (χ4v) is 2.08. The Morgan fingerprint density at radius 2 is 1.86 bits per heavy atom. The number of alkyl carbamates (subject to hydrolysis) is 1. The number of nitrogens with one attached hydrogen (secondary N) is 1. The van der Waals surface area contributed by atoms with Gasteiger partial charge in [-0.2, -0.15) is 0 Å². The third kappa shape index (κ3) is 5.06. The molecular weight excluding hydrogens is 280 g/mol. The van der Waals surface area contributed by atoms with Crippen LogP contribution in [0.5, 0.6) is 0 Å². The number of benzene rings is 1. The zero-order chi connectivity index (χ0) is 16.9. The summed E-state index contributed by atoms with van der Waals surface area (Å²) >= 11 is 0. The van der Waals surface area contributed by atoms with Crippen molar-refractivity contribution in [3.05, 3.63) is 29.8 Å². The van der Waals surface area contributed by atoms with Gasteiger partial charge in [0.1, 0.15) is 11.6 Å². The standard InChI is InChI=1S/C17H26N2O3/c1-7-13(18-16(21)22-17(3,4)5)15(20)19(6)14-11-9-8-10-12(14)2/h8-11,13H,7H2,1-6H3,(H,18,21)/t13-/m0/s1. The number of hydrogen-bond acceptors (Lipinski definition) is 3. The van der Waals surface area contributed by atoms with E-state index < -0.39 is 17.7 Å². The minimum Gasteiger partial charge on any atom is -0.444 e. The second kappa shape index (κ2) is 7.29. The first-order chi connectivity index (χ1) is 10.2. The van der Waals surface area contributed by atoms with Gasteiger partial charge >= 0.3 is 6.09 Å². The summed E-state index contributed by atoms with van der Waals surface area (Å²) < 4.78 is 5.21. The van der Waals surface area contributed by atoms with Crippen molar-refractivity contribution in [3.8, 4) is 0 Å². The third-order valence-electron chi connectivity index (χ3n) is 3.20. The predicted octanol–water partition coefficient (Wildman–Crippen LogP) is 3.26. The van der Waals surface area contributed by atoms with Crippen LogP contribution >= 0.6 is 0 Å². The van der Waals surface area contributed by atoms with Crippen molar-refractivity contribution in [1.82, 2.24) is 5.32 Å². The van der Waals surface area contributed by atoms with E-state index in [1.807, 2.05) is 38.1 Å². The van der Waals surface area contributed by atoms with Crippen molar-refractivity contribution in [2.45, 2.75) is 52.7 Å². The molecule has 0 fully saturated rings. The van der Waals surface area contributed by atoms with Crippen LogP contribution in [0.2, 0.25) is 0 Å². The van der Waals surface area contributed by atoms with Crippen molar-refractivity contribution in [2.24, 2.45) is 0 Å². The highest BCUT2D eigenvalue weighted by molar-refractivity contribution is 5.98. The molecule has 0 bridgehead atoms. The zero-order valence-corrected chi connectivity index (χ0v) is 14.3. The fraction of sp³-hybridized carbons (Fsp3) is 0.529. The molecule has 5 heteroatoms. The number of hydrogen-bond donors (Lipinski definition) is 1. The van der Waals surface area contributed by atoms with Gasteiger partial charge in [0.25, 0.3) is 0 Å². The highest BCUT2D eigenvalue weighted by Crippen LogP contribution is 2.19. The van der Waals surface area contributed by atoms with Crippen LogP contribution in [0.3, 0.4) is 0 Å². The number of likely N-dealkylation sites (N-methyl/N-ethyl adjacent to an activating group) is 1. The minimum atomic E-state index is -0.612. The molecule has 0 aliphatic rings. The van der Waals surface area contributed by atoms with Crippen LogP contribution in [-0.4, -0.2) is 30.7 Å². The van der Waals surface area contributed by atoms with Crippen molar-refractivity contribution < 1.29 is 14.3 Å². The minimum absolute atomic E-state index is 0.164. The third-order valence-corrected chi connectivity index (χ3v) is 3.20. The van der Waals surface area contributed by atoms with Gasteiger partial charge in [0.05, 0.1) is 0 Å². The highest BCUT2D eigenvalue weighted by atomic mass is 16.6. The molecule has 1 aromatic carbocycles. The molecule has 1 aromatic rings. The summed E-state index contributed by atoms with van der Waals surface area (Å²) in [6.45, 7) is 9.16. The van der Waals surface area contributed by atoms with Crippen LogP contribution in [0, 0.1) is 6.92 Å². The number of carbonyl (C=O) groups is 2. The second-order valence-corrected chi connectivity index (χ2v) is 6.29. The number of anilines is 1. The van der Waals surface area contributed by atoms with Crippen LogP contribution in [0.15, 0.2) is 24.3 Å². The maximum atomic E-state index is 12.6. The maximum Gasteiger partial charge on any atom is 0.408 e. The molecular formula is C17H26N2O3. The van der Waals surface area contributed by atoms with Crippen LogP contribution in [0.1, 0.15) is 39.7 Å². The average Bonchev–Trinajstić information content (AvgIpc) is 2.42. The Morgan fingerprint density at radius 3 is 2.36 bits per heavy atom. The molecule has 122 valence electrons. The Kier molecular flexibility index (Phi) is 5.97. The van der Waals surface area contributed by atoms with Crippen LogP contribution in [-0.2, 0) is 9.53 Å². The molecule has 22 heavy (non-hydrogen) atoms. The molecule has 2 amide bonds. The first-order valence-electron chi connectivity index (χ1n) is 7.48. The van der Waals surface area contributed by atoms with Gasteiger partial charge in [0.2, 0.25) is 5.91 Å². The van der Waals surface area contributed by atoms with Gasteiger partial charge in [0.15, 0.2) is 0 Å². The second-order valence-electron chi connectivity index (χ2n) is 6.29. The molecule has 1 N–H and O–H groups in total. The number of carbonyl (C=O) groups excluding carboxylic acids is 2. The Hall–Kier alpha value is -2.04. The molecule has 0 saturated heterocycles. The molecule has 0 unspecified atom stereocenters. The summed E-state index contributed by atoms with van der Waals surface area (Å²) in [6, 6.07) is 7.02. The zero-order valence-electron chi connectivity index (χ0n) is 14.3. The summed E-state index contributed by atoms with van der Waals surface area (Å²) in [5.41, 5.74) is 1.25. The van der Waals surface area contributed by atoms with E-state index in [9.17, 15) is 9.59 Å². The summed E-state index contributed by atoms with van der Waals surface area (Å²) in [5, 5.41) is 2.64. The molecule has 0 aromatic heterocycles. The SMILES string of the molecule is CC[C@H](NC(=O)OC(C)(C)C)C(=O)N(C)c1ccccc1C. The molecule has 1 atom stereocenters. The van der Waals surface area contributed by atoms with Crippen molar-refractivity contribution in [3.63, 3.8) is 0 Å². The smallest absolute Gasteiger partial charge is 0.408 e. The number of nitrogens with zero attached hydrogens (tertiary/aromatic N) is 1. The summed E-state index contributed by atoms with van der Waals surface area (Å²) in [7, 11) is 1.71. The van der Waals surface area contributed by atoms with Gasteiger partial charge in [-0.05, 0) is 45.7 Å². The summed E-state index contributed by atoms with van der Waals surface area (Å²) in [4.78, 5) is 26.0.